The molecule has 208 valence electrons. The third-order valence-electron chi connectivity index (χ3n) is 6.82. The van der Waals surface area contributed by atoms with E-state index in [9.17, 15) is 18.0 Å². The average Bonchev–Trinajstić information content (AvgIpc) is 3.33. The number of alkyl halides is 3. The lowest BCUT2D eigenvalue weighted by molar-refractivity contribution is -0.192. The molecule has 1 unspecified atom stereocenters. The highest BCUT2D eigenvalue weighted by Gasteiger charge is 2.40. The molecule has 0 bridgehead atoms. The number of morpholine rings is 1. The van der Waals surface area contributed by atoms with Gasteiger partial charge in [0.25, 0.3) is 0 Å². The maximum absolute atomic E-state index is 13.2. The number of benzene rings is 1. The highest BCUT2D eigenvalue weighted by Crippen LogP contribution is 2.41. The van der Waals surface area contributed by atoms with Gasteiger partial charge in [0.1, 0.15) is 17.2 Å². The molecule has 3 aliphatic heterocycles. The third-order valence-corrected chi connectivity index (χ3v) is 6.82. The second kappa shape index (κ2) is 11.4. The van der Waals surface area contributed by atoms with Crippen LogP contribution in [0.3, 0.4) is 0 Å². The highest BCUT2D eigenvalue weighted by atomic mass is 19.4. The zero-order chi connectivity index (χ0) is 28.3. The predicted octanol–water partition coefficient (Wildman–Crippen LogP) is 2.75. The van der Waals surface area contributed by atoms with Crippen molar-refractivity contribution in [2.24, 2.45) is 0 Å². The number of pyridine rings is 1. The number of anilines is 2. The van der Waals surface area contributed by atoms with Crippen LogP contribution in [-0.4, -0.2) is 97.1 Å². The number of hydrogen-bond donors (Lipinski definition) is 2. The van der Waals surface area contributed by atoms with Crippen molar-refractivity contribution in [1.82, 2.24) is 14.8 Å². The number of amidine groups is 1. The van der Waals surface area contributed by atoms with E-state index in [0.29, 0.717) is 31.2 Å². The number of carboxylic acids is 1. The van der Waals surface area contributed by atoms with Crippen molar-refractivity contribution < 1.29 is 32.6 Å². The van der Waals surface area contributed by atoms with Crippen molar-refractivity contribution in [2.45, 2.75) is 12.2 Å². The quantitative estimate of drug-likeness (QED) is 0.559. The Kier molecular flexibility index (Phi) is 8.21. The SMILES string of the molecule is CN1C(=C2C(=N)N(CC(c3cccnc3)N3CCOCC3)CC2=O)N(C)c2ccccc21.O=C(O)C(F)(F)F. The van der Waals surface area contributed by atoms with Crippen molar-refractivity contribution in [3.05, 3.63) is 65.7 Å². The van der Waals surface area contributed by atoms with Crippen LogP contribution in [0.25, 0.3) is 0 Å². The van der Waals surface area contributed by atoms with Gasteiger partial charge in [0.2, 0.25) is 0 Å². The number of likely N-dealkylation sites (tertiary alicyclic amines) is 1. The fourth-order valence-corrected chi connectivity index (χ4v) is 4.93. The number of Topliss-reactive ketones (excluding diaryl/α,β-unsaturated/α-hetero) is 1. The summed E-state index contributed by atoms with van der Waals surface area (Å²) in [4.78, 5) is 34.7. The minimum atomic E-state index is -5.08. The van der Waals surface area contributed by atoms with E-state index >= 15 is 0 Å². The van der Waals surface area contributed by atoms with E-state index in [2.05, 4.69) is 16.0 Å². The van der Waals surface area contributed by atoms with Crippen LogP contribution in [0, 0.1) is 5.41 Å². The number of aliphatic carboxylic acids is 1. The second-order valence-electron chi connectivity index (χ2n) is 9.21. The van der Waals surface area contributed by atoms with E-state index in [0.717, 1.165) is 35.8 Å². The van der Waals surface area contributed by atoms with Crippen LogP contribution in [0.4, 0.5) is 24.5 Å². The van der Waals surface area contributed by atoms with Gasteiger partial charge >= 0.3 is 12.1 Å². The fourth-order valence-electron chi connectivity index (χ4n) is 4.93. The van der Waals surface area contributed by atoms with E-state index in [4.69, 9.17) is 20.0 Å². The Labute approximate surface area is 223 Å². The molecular formula is C26H29F3N6O4. The van der Waals surface area contributed by atoms with E-state index in [1.807, 2.05) is 65.3 Å². The van der Waals surface area contributed by atoms with Gasteiger partial charge in [-0.15, -0.1) is 0 Å². The van der Waals surface area contributed by atoms with Crippen molar-refractivity contribution >= 4 is 29.0 Å². The predicted molar refractivity (Wildman–Crippen MR) is 138 cm³/mol. The van der Waals surface area contributed by atoms with Gasteiger partial charge in [-0.2, -0.15) is 13.2 Å². The summed E-state index contributed by atoms with van der Waals surface area (Å²) in [6.07, 6.45) is -1.43. The summed E-state index contributed by atoms with van der Waals surface area (Å²) in [5.74, 6) is -1.71. The molecule has 0 aliphatic carbocycles. The molecule has 39 heavy (non-hydrogen) atoms. The number of ketones is 1. The molecule has 4 heterocycles. The highest BCUT2D eigenvalue weighted by molar-refractivity contribution is 6.27. The molecule has 0 radical (unpaired) electrons. The molecule has 0 saturated carbocycles. The van der Waals surface area contributed by atoms with Gasteiger partial charge in [-0.3, -0.25) is 20.1 Å². The molecule has 2 saturated heterocycles. The summed E-state index contributed by atoms with van der Waals surface area (Å²) in [5, 5.41) is 16.1. The van der Waals surface area contributed by atoms with Crippen LogP contribution in [0.5, 0.6) is 0 Å². The van der Waals surface area contributed by atoms with Crippen LogP contribution < -0.4 is 9.80 Å². The standard InChI is InChI=1S/C24H28N6O2.C2HF3O2/c1-27-18-7-3-4-8-19(18)28(2)24(27)22-21(31)16-30(23(22)25)15-20(17-6-5-9-26-14-17)29-10-12-32-13-11-29;3-2(4,5)1(6)7/h3-9,14,20,25H,10-13,15-16H2,1-2H3;(H,6,7). The molecular weight excluding hydrogens is 517 g/mol. The maximum Gasteiger partial charge on any atom is 0.490 e. The summed E-state index contributed by atoms with van der Waals surface area (Å²) in [6.45, 7) is 3.81. The average molecular weight is 547 g/mol. The van der Waals surface area contributed by atoms with Crippen LogP contribution in [-0.2, 0) is 14.3 Å². The van der Waals surface area contributed by atoms with Gasteiger partial charge < -0.3 is 24.5 Å². The normalized spacial score (nSPS) is 18.7. The van der Waals surface area contributed by atoms with Crippen LogP contribution in [0.2, 0.25) is 0 Å². The molecule has 1 atom stereocenters. The first-order valence-corrected chi connectivity index (χ1v) is 12.2. The Hall–Kier alpha value is -3.97. The molecule has 0 spiro atoms. The van der Waals surface area contributed by atoms with Gasteiger partial charge in [0.05, 0.1) is 37.2 Å². The molecule has 2 N–H and O–H groups in total. The number of para-hydroxylation sites is 2. The van der Waals surface area contributed by atoms with Crippen molar-refractivity contribution in [3.8, 4) is 0 Å². The fraction of sp³-hybridized carbons (Fsp3) is 0.385. The molecule has 2 fully saturated rings. The van der Waals surface area contributed by atoms with Gasteiger partial charge in [-0.05, 0) is 23.8 Å². The Morgan fingerprint density at radius 2 is 1.69 bits per heavy atom. The van der Waals surface area contributed by atoms with Crippen LogP contribution in [0.15, 0.2) is 60.2 Å². The molecule has 5 rings (SSSR count). The molecule has 1 aromatic carbocycles. The Morgan fingerprint density at radius 3 is 2.21 bits per heavy atom. The molecule has 3 aliphatic rings. The Bertz CT molecular complexity index is 1230. The van der Waals surface area contributed by atoms with Gasteiger partial charge in [0, 0.05) is 46.1 Å². The number of carbonyl (C=O) groups is 2. The van der Waals surface area contributed by atoms with E-state index < -0.39 is 12.1 Å². The van der Waals surface area contributed by atoms with E-state index in [1.54, 1.807) is 6.20 Å². The maximum atomic E-state index is 13.2. The van der Waals surface area contributed by atoms with Crippen LogP contribution in [0.1, 0.15) is 11.6 Å². The van der Waals surface area contributed by atoms with Crippen molar-refractivity contribution in [1.29, 1.82) is 5.41 Å². The van der Waals surface area contributed by atoms with Gasteiger partial charge in [0.15, 0.2) is 5.78 Å². The topological polar surface area (TPSA) is 113 Å². The smallest absolute Gasteiger partial charge is 0.475 e. The minimum absolute atomic E-state index is 0.0107. The monoisotopic (exact) mass is 546 g/mol. The largest absolute Gasteiger partial charge is 0.490 e. The molecule has 13 heteroatoms. The zero-order valence-electron chi connectivity index (χ0n) is 21.5. The number of fused-ring (bicyclic) bond motifs is 1. The first kappa shape index (κ1) is 28.0. The molecule has 10 nitrogen and oxygen atoms in total. The summed E-state index contributed by atoms with van der Waals surface area (Å²) in [6, 6.07) is 12.1. The van der Waals surface area contributed by atoms with Crippen molar-refractivity contribution in [3.63, 3.8) is 0 Å². The number of carbonyl (C=O) groups excluding carboxylic acids is 1. The number of ether oxygens (including phenoxy) is 1. The number of nitrogens with one attached hydrogen (secondary N) is 1. The summed E-state index contributed by atoms with van der Waals surface area (Å²) in [5.41, 5.74) is 3.66. The minimum Gasteiger partial charge on any atom is -0.475 e. The summed E-state index contributed by atoms with van der Waals surface area (Å²) >= 11 is 0. The Morgan fingerprint density at radius 1 is 1.10 bits per heavy atom. The number of rotatable bonds is 4. The van der Waals surface area contributed by atoms with Crippen molar-refractivity contribution in [2.75, 3.05) is 63.3 Å². The first-order chi connectivity index (χ1) is 18.5. The summed E-state index contributed by atoms with van der Waals surface area (Å²) in [7, 11) is 3.92. The van der Waals surface area contributed by atoms with E-state index in [1.165, 1.54) is 0 Å². The number of aromatic nitrogens is 1. The van der Waals surface area contributed by atoms with Crippen LogP contribution >= 0.6 is 0 Å². The number of nitrogens with zero attached hydrogens (tertiary/aromatic N) is 5. The molecule has 0 amide bonds. The summed E-state index contributed by atoms with van der Waals surface area (Å²) < 4.78 is 37.3. The first-order valence-electron chi connectivity index (χ1n) is 12.2. The second-order valence-corrected chi connectivity index (χ2v) is 9.21. The van der Waals surface area contributed by atoms with Gasteiger partial charge in [-0.25, -0.2) is 4.79 Å². The lowest BCUT2D eigenvalue weighted by Crippen LogP contribution is -2.44. The molecule has 2 aromatic rings. The number of carboxylic acid groups (broad SMARTS) is 1. The van der Waals surface area contributed by atoms with Gasteiger partial charge in [-0.1, -0.05) is 18.2 Å². The third kappa shape index (κ3) is 5.88. The molecule has 1 aromatic heterocycles. The lowest BCUT2D eigenvalue weighted by atomic mass is 10.1. The number of halogens is 3. The van der Waals surface area contributed by atoms with E-state index in [-0.39, 0.29) is 18.4 Å². The Balaban J connectivity index is 0.000000448. The lowest BCUT2D eigenvalue weighted by Gasteiger charge is -2.37. The number of hydrogen-bond acceptors (Lipinski definition) is 8. The zero-order valence-corrected chi connectivity index (χ0v) is 21.5.